The van der Waals surface area contributed by atoms with E-state index in [-0.39, 0.29) is 0 Å². The minimum Gasteiger partial charge on any atom is -0.297 e. The second-order valence-electron chi connectivity index (χ2n) is 6.06. The predicted molar refractivity (Wildman–Crippen MR) is 87.2 cm³/mol. The molecule has 0 unspecified atom stereocenters. The number of hydrogen-bond acceptors (Lipinski definition) is 2. The van der Waals surface area contributed by atoms with Crippen molar-refractivity contribution in [2.45, 2.75) is 39.2 Å². The third-order valence-electron chi connectivity index (χ3n) is 4.61. The Morgan fingerprint density at radius 3 is 2.71 bits per heavy atom. The number of hydrogen-bond donors (Lipinski definition) is 0. The van der Waals surface area contributed by atoms with Crippen LogP contribution in [0.3, 0.4) is 0 Å². The van der Waals surface area contributed by atoms with Crippen LogP contribution in [0.5, 0.6) is 0 Å². The van der Waals surface area contributed by atoms with Gasteiger partial charge in [-0.3, -0.25) is 9.58 Å². The summed E-state index contributed by atoms with van der Waals surface area (Å²) < 4.78 is 1.92. The van der Waals surface area contributed by atoms with Gasteiger partial charge in [-0.2, -0.15) is 5.10 Å². The minimum absolute atomic E-state index is 0.509. The molecular formula is C18H25N3. The fourth-order valence-corrected chi connectivity index (χ4v) is 3.34. The average molecular weight is 283 g/mol. The number of aromatic nitrogens is 2. The molecule has 0 aliphatic carbocycles. The van der Waals surface area contributed by atoms with E-state index in [2.05, 4.69) is 54.3 Å². The van der Waals surface area contributed by atoms with Gasteiger partial charge in [-0.05, 0) is 56.5 Å². The van der Waals surface area contributed by atoms with Crippen LogP contribution in [0, 0.1) is 0 Å². The molecule has 3 heteroatoms. The highest BCUT2D eigenvalue weighted by Gasteiger charge is 2.20. The SMILES string of the molecule is CCc1nn(C)cc1-c1cccc([C@@H](C)N2CCCC2)c1. The minimum atomic E-state index is 0.509. The molecular weight excluding hydrogens is 258 g/mol. The molecule has 0 N–H and O–H groups in total. The lowest BCUT2D eigenvalue weighted by molar-refractivity contribution is 0.263. The summed E-state index contributed by atoms with van der Waals surface area (Å²) in [5.41, 5.74) is 5.17. The predicted octanol–water partition coefficient (Wildman–Crippen LogP) is 3.81. The van der Waals surface area contributed by atoms with Crippen molar-refractivity contribution in [3.8, 4) is 11.1 Å². The molecule has 1 saturated heterocycles. The Balaban J connectivity index is 1.92. The van der Waals surface area contributed by atoms with Crippen LogP contribution in [-0.4, -0.2) is 27.8 Å². The van der Waals surface area contributed by atoms with E-state index >= 15 is 0 Å². The fourth-order valence-electron chi connectivity index (χ4n) is 3.34. The van der Waals surface area contributed by atoms with E-state index in [9.17, 15) is 0 Å². The van der Waals surface area contributed by atoms with Crippen LogP contribution in [0.1, 0.15) is 44.0 Å². The number of benzene rings is 1. The van der Waals surface area contributed by atoms with Crippen molar-refractivity contribution in [2.75, 3.05) is 13.1 Å². The summed E-state index contributed by atoms with van der Waals surface area (Å²) in [6, 6.07) is 9.50. The van der Waals surface area contributed by atoms with Gasteiger partial charge in [0.25, 0.3) is 0 Å². The van der Waals surface area contributed by atoms with E-state index in [0.29, 0.717) is 6.04 Å². The second-order valence-corrected chi connectivity index (χ2v) is 6.06. The van der Waals surface area contributed by atoms with E-state index in [1.165, 1.54) is 48.3 Å². The van der Waals surface area contributed by atoms with E-state index in [0.717, 1.165) is 6.42 Å². The van der Waals surface area contributed by atoms with Gasteiger partial charge in [0, 0.05) is 24.8 Å². The van der Waals surface area contributed by atoms with E-state index < -0.39 is 0 Å². The maximum Gasteiger partial charge on any atom is 0.0700 e. The van der Waals surface area contributed by atoms with Crippen LogP contribution in [0.4, 0.5) is 0 Å². The van der Waals surface area contributed by atoms with Crippen LogP contribution >= 0.6 is 0 Å². The number of aryl methyl sites for hydroxylation is 2. The highest BCUT2D eigenvalue weighted by molar-refractivity contribution is 5.66. The van der Waals surface area contributed by atoms with E-state index in [1.54, 1.807) is 0 Å². The van der Waals surface area contributed by atoms with Crippen molar-refractivity contribution >= 4 is 0 Å². The lowest BCUT2D eigenvalue weighted by Gasteiger charge is -2.24. The van der Waals surface area contributed by atoms with Crippen LogP contribution < -0.4 is 0 Å². The molecule has 21 heavy (non-hydrogen) atoms. The summed E-state index contributed by atoms with van der Waals surface area (Å²) >= 11 is 0. The fraction of sp³-hybridized carbons (Fsp3) is 0.500. The zero-order valence-corrected chi connectivity index (χ0v) is 13.3. The quantitative estimate of drug-likeness (QED) is 0.851. The maximum atomic E-state index is 4.56. The first-order valence-electron chi connectivity index (χ1n) is 8.06. The summed E-state index contributed by atoms with van der Waals surface area (Å²) in [5, 5.41) is 4.56. The smallest absolute Gasteiger partial charge is 0.0700 e. The van der Waals surface area contributed by atoms with Gasteiger partial charge in [0.15, 0.2) is 0 Å². The Bertz CT molecular complexity index is 609. The van der Waals surface area contributed by atoms with Gasteiger partial charge in [-0.1, -0.05) is 25.1 Å². The Hall–Kier alpha value is -1.61. The first-order valence-corrected chi connectivity index (χ1v) is 8.06. The number of rotatable bonds is 4. The maximum absolute atomic E-state index is 4.56. The van der Waals surface area contributed by atoms with Gasteiger partial charge < -0.3 is 0 Å². The first kappa shape index (κ1) is 14.3. The molecule has 1 fully saturated rings. The second kappa shape index (κ2) is 6.02. The molecule has 3 rings (SSSR count). The lowest BCUT2D eigenvalue weighted by atomic mass is 9.99. The van der Waals surface area contributed by atoms with Crippen molar-refractivity contribution in [3.63, 3.8) is 0 Å². The number of likely N-dealkylation sites (tertiary alicyclic amines) is 1. The van der Waals surface area contributed by atoms with Gasteiger partial charge in [0.2, 0.25) is 0 Å². The summed E-state index contributed by atoms with van der Waals surface area (Å²) in [6.45, 7) is 6.97. The highest BCUT2D eigenvalue weighted by atomic mass is 15.2. The normalized spacial score (nSPS) is 17.3. The van der Waals surface area contributed by atoms with Gasteiger partial charge in [-0.25, -0.2) is 0 Å². The summed E-state index contributed by atoms with van der Waals surface area (Å²) in [7, 11) is 2.00. The standard InChI is InChI=1S/C18H25N3/c1-4-18-17(13-20(3)19-18)16-9-7-8-15(12-16)14(2)21-10-5-6-11-21/h7-9,12-14H,4-6,10-11H2,1-3H3/t14-/m1/s1. The molecule has 112 valence electrons. The van der Waals surface area contributed by atoms with Crippen LogP contribution in [0.15, 0.2) is 30.5 Å². The van der Waals surface area contributed by atoms with Gasteiger partial charge in [0.05, 0.1) is 5.69 Å². The Kier molecular flexibility index (Phi) is 4.11. The zero-order valence-electron chi connectivity index (χ0n) is 13.3. The average Bonchev–Trinajstić information content (AvgIpc) is 3.15. The van der Waals surface area contributed by atoms with Crippen molar-refractivity contribution in [3.05, 3.63) is 41.7 Å². The van der Waals surface area contributed by atoms with Crippen molar-refractivity contribution < 1.29 is 0 Å². The van der Waals surface area contributed by atoms with Crippen LogP contribution in [0.25, 0.3) is 11.1 Å². The lowest BCUT2D eigenvalue weighted by Crippen LogP contribution is -2.23. The van der Waals surface area contributed by atoms with E-state index in [1.807, 2.05) is 11.7 Å². The molecule has 0 radical (unpaired) electrons. The van der Waals surface area contributed by atoms with Crippen molar-refractivity contribution in [1.29, 1.82) is 0 Å². The van der Waals surface area contributed by atoms with Gasteiger partial charge in [0.1, 0.15) is 0 Å². The molecule has 2 heterocycles. The molecule has 1 aliphatic rings. The molecule has 2 aromatic rings. The Morgan fingerprint density at radius 2 is 2.00 bits per heavy atom. The molecule has 1 atom stereocenters. The highest BCUT2D eigenvalue weighted by Crippen LogP contribution is 2.29. The molecule has 1 aliphatic heterocycles. The molecule has 1 aromatic carbocycles. The van der Waals surface area contributed by atoms with Gasteiger partial charge >= 0.3 is 0 Å². The molecule has 0 bridgehead atoms. The summed E-state index contributed by atoms with van der Waals surface area (Å²) in [5.74, 6) is 0. The van der Waals surface area contributed by atoms with Crippen molar-refractivity contribution in [2.24, 2.45) is 7.05 Å². The molecule has 3 nitrogen and oxygen atoms in total. The third-order valence-corrected chi connectivity index (χ3v) is 4.61. The van der Waals surface area contributed by atoms with E-state index in [4.69, 9.17) is 0 Å². The molecule has 0 amide bonds. The summed E-state index contributed by atoms with van der Waals surface area (Å²) in [6.07, 6.45) is 5.79. The first-order chi connectivity index (χ1) is 10.2. The van der Waals surface area contributed by atoms with Crippen molar-refractivity contribution in [1.82, 2.24) is 14.7 Å². The topological polar surface area (TPSA) is 21.1 Å². The summed E-state index contributed by atoms with van der Waals surface area (Å²) in [4.78, 5) is 2.59. The number of nitrogens with zero attached hydrogens (tertiary/aromatic N) is 3. The molecule has 0 saturated carbocycles. The molecule has 1 aromatic heterocycles. The van der Waals surface area contributed by atoms with Crippen LogP contribution in [-0.2, 0) is 13.5 Å². The van der Waals surface area contributed by atoms with Gasteiger partial charge in [-0.15, -0.1) is 0 Å². The Labute approximate surface area is 127 Å². The van der Waals surface area contributed by atoms with Crippen LogP contribution in [0.2, 0.25) is 0 Å². The largest absolute Gasteiger partial charge is 0.297 e. The zero-order chi connectivity index (χ0) is 14.8. The molecule has 0 spiro atoms. The third kappa shape index (κ3) is 2.88. The Morgan fingerprint density at radius 1 is 1.24 bits per heavy atom. The monoisotopic (exact) mass is 283 g/mol.